The van der Waals surface area contributed by atoms with Gasteiger partial charge < -0.3 is 9.47 Å². The molecule has 0 unspecified atom stereocenters. The van der Waals surface area contributed by atoms with Gasteiger partial charge in [-0.25, -0.2) is 0 Å². The number of hydrogen-bond donors (Lipinski definition) is 0. The third kappa shape index (κ3) is 2.23. The monoisotopic (exact) mass is 239 g/mol. The van der Waals surface area contributed by atoms with Gasteiger partial charge in [-0.05, 0) is 19.9 Å². The van der Waals surface area contributed by atoms with Gasteiger partial charge >= 0.3 is 0 Å². The molecule has 0 aliphatic heterocycles. The lowest BCUT2D eigenvalue weighted by Crippen LogP contribution is -2.15. The highest BCUT2D eigenvalue weighted by molar-refractivity contribution is 6.30. The summed E-state index contributed by atoms with van der Waals surface area (Å²) in [7, 11) is 3.08. The van der Waals surface area contributed by atoms with E-state index in [-0.39, 0.29) is 0 Å². The van der Waals surface area contributed by atoms with E-state index in [9.17, 15) is 0 Å². The lowest BCUT2D eigenvalue weighted by molar-refractivity contribution is 0.348. The predicted molar refractivity (Wildman–Crippen MR) is 63.2 cm³/mol. The Balaban J connectivity index is 3.50. The molecule has 3 nitrogen and oxygen atoms in total. The second-order valence-electron chi connectivity index (χ2n) is 3.93. The SMILES string of the molecule is COc1cc(Cl)cc(C(C)(C)C#N)c1OC. The number of benzene rings is 1. The van der Waals surface area contributed by atoms with Gasteiger partial charge in [-0.1, -0.05) is 11.6 Å². The highest BCUT2D eigenvalue weighted by atomic mass is 35.5. The minimum atomic E-state index is -0.677. The minimum absolute atomic E-state index is 0.524. The van der Waals surface area contributed by atoms with Gasteiger partial charge in [0.05, 0.1) is 25.7 Å². The Morgan fingerprint density at radius 2 is 1.88 bits per heavy atom. The molecule has 0 radical (unpaired) electrons. The minimum Gasteiger partial charge on any atom is -0.493 e. The summed E-state index contributed by atoms with van der Waals surface area (Å²) < 4.78 is 10.5. The van der Waals surface area contributed by atoms with Crippen LogP contribution in [-0.2, 0) is 5.41 Å². The van der Waals surface area contributed by atoms with E-state index < -0.39 is 5.41 Å². The van der Waals surface area contributed by atoms with Crippen molar-refractivity contribution in [3.8, 4) is 17.6 Å². The number of nitriles is 1. The molecule has 1 aromatic carbocycles. The summed E-state index contributed by atoms with van der Waals surface area (Å²) in [6.07, 6.45) is 0. The number of methoxy groups -OCH3 is 2. The molecule has 0 atom stereocenters. The largest absolute Gasteiger partial charge is 0.493 e. The second-order valence-corrected chi connectivity index (χ2v) is 4.36. The number of halogens is 1. The van der Waals surface area contributed by atoms with Crippen molar-refractivity contribution in [2.45, 2.75) is 19.3 Å². The molecule has 4 heteroatoms. The predicted octanol–water partition coefficient (Wildman–Crippen LogP) is 3.16. The Morgan fingerprint density at radius 1 is 1.25 bits per heavy atom. The molecule has 0 saturated heterocycles. The molecular weight excluding hydrogens is 226 g/mol. The van der Waals surface area contributed by atoms with Gasteiger partial charge in [-0.15, -0.1) is 0 Å². The summed E-state index contributed by atoms with van der Waals surface area (Å²) in [5, 5.41) is 9.66. The standard InChI is InChI=1S/C12H14ClNO2/c1-12(2,7-14)9-5-8(13)6-10(15-3)11(9)16-4/h5-6H,1-4H3. The zero-order valence-corrected chi connectivity index (χ0v) is 10.6. The molecule has 0 aliphatic rings. The van der Waals surface area contributed by atoms with Gasteiger partial charge in [-0.3, -0.25) is 0 Å². The third-order valence-electron chi connectivity index (χ3n) is 2.40. The van der Waals surface area contributed by atoms with Crippen molar-refractivity contribution in [2.75, 3.05) is 14.2 Å². The van der Waals surface area contributed by atoms with Crippen LogP contribution in [0.15, 0.2) is 12.1 Å². The lowest BCUT2D eigenvalue weighted by atomic mass is 9.85. The summed E-state index contributed by atoms with van der Waals surface area (Å²) in [5.41, 5.74) is 0.0469. The van der Waals surface area contributed by atoms with E-state index in [1.54, 1.807) is 33.1 Å². The number of rotatable bonds is 3. The summed E-state index contributed by atoms with van der Waals surface area (Å²) in [5.74, 6) is 1.09. The Bertz CT molecular complexity index is 435. The van der Waals surface area contributed by atoms with Gasteiger partial charge in [-0.2, -0.15) is 5.26 Å². The molecule has 0 spiro atoms. The topological polar surface area (TPSA) is 42.2 Å². The average Bonchev–Trinajstić information content (AvgIpc) is 2.27. The van der Waals surface area contributed by atoms with Gasteiger partial charge in [0.15, 0.2) is 11.5 Å². The van der Waals surface area contributed by atoms with Crippen LogP contribution in [0.3, 0.4) is 0 Å². The van der Waals surface area contributed by atoms with Gasteiger partial charge in [0, 0.05) is 16.7 Å². The molecule has 0 N–H and O–H groups in total. The van der Waals surface area contributed by atoms with Crippen LogP contribution in [0, 0.1) is 11.3 Å². The average molecular weight is 240 g/mol. The first-order chi connectivity index (χ1) is 7.46. The van der Waals surface area contributed by atoms with Gasteiger partial charge in [0.2, 0.25) is 0 Å². The van der Waals surface area contributed by atoms with Crippen molar-refractivity contribution in [3.05, 3.63) is 22.7 Å². The van der Waals surface area contributed by atoms with Crippen LogP contribution in [0.2, 0.25) is 5.02 Å². The maximum absolute atomic E-state index is 9.13. The highest BCUT2D eigenvalue weighted by Crippen LogP contribution is 2.40. The van der Waals surface area contributed by atoms with Crippen molar-refractivity contribution >= 4 is 11.6 Å². The molecule has 1 rings (SSSR count). The zero-order valence-electron chi connectivity index (χ0n) is 9.80. The van der Waals surface area contributed by atoms with Crippen molar-refractivity contribution in [1.82, 2.24) is 0 Å². The first-order valence-electron chi connectivity index (χ1n) is 4.79. The zero-order chi connectivity index (χ0) is 12.3. The molecular formula is C12H14ClNO2. The second kappa shape index (κ2) is 4.63. The van der Waals surface area contributed by atoms with Crippen LogP contribution in [0.4, 0.5) is 0 Å². The van der Waals surface area contributed by atoms with Crippen LogP contribution < -0.4 is 9.47 Å². The van der Waals surface area contributed by atoms with Crippen LogP contribution in [0.1, 0.15) is 19.4 Å². The van der Waals surface area contributed by atoms with E-state index in [0.717, 1.165) is 5.56 Å². The van der Waals surface area contributed by atoms with Crippen LogP contribution in [-0.4, -0.2) is 14.2 Å². The molecule has 0 aromatic heterocycles. The fourth-order valence-electron chi connectivity index (χ4n) is 1.46. The van der Waals surface area contributed by atoms with Crippen molar-refractivity contribution < 1.29 is 9.47 Å². The Labute approximate surface area is 101 Å². The van der Waals surface area contributed by atoms with Crippen molar-refractivity contribution in [1.29, 1.82) is 5.26 Å². The van der Waals surface area contributed by atoms with E-state index in [4.69, 9.17) is 26.3 Å². The lowest BCUT2D eigenvalue weighted by Gasteiger charge is -2.21. The van der Waals surface area contributed by atoms with Crippen LogP contribution in [0.5, 0.6) is 11.5 Å². The third-order valence-corrected chi connectivity index (χ3v) is 2.61. The van der Waals surface area contributed by atoms with E-state index in [0.29, 0.717) is 16.5 Å². The van der Waals surface area contributed by atoms with Crippen molar-refractivity contribution in [2.24, 2.45) is 0 Å². The molecule has 0 amide bonds. The molecule has 0 aliphatic carbocycles. The Hall–Kier alpha value is -1.40. The highest BCUT2D eigenvalue weighted by Gasteiger charge is 2.27. The molecule has 0 bridgehead atoms. The molecule has 0 heterocycles. The quantitative estimate of drug-likeness (QED) is 0.814. The number of ether oxygens (including phenoxy) is 2. The smallest absolute Gasteiger partial charge is 0.165 e. The Morgan fingerprint density at radius 3 is 2.31 bits per heavy atom. The van der Waals surface area contributed by atoms with Gasteiger partial charge in [0.1, 0.15) is 0 Å². The number of hydrogen-bond acceptors (Lipinski definition) is 3. The van der Waals surface area contributed by atoms with Crippen LogP contribution in [0.25, 0.3) is 0 Å². The molecule has 0 saturated carbocycles. The summed E-state index contributed by atoms with van der Waals surface area (Å²) in [4.78, 5) is 0. The number of nitrogens with zero attached hydrogens (tertiary/aromatic N) is 1. The molecule has 86 valence electrons. The van der Waals surface area contributed by atoms with Crippen LogP contribution >= 0.6 is 11.6 Å². The first kappa shape index (κ1) is 12.7. The maximum Gasteiger partial charge on any atom is 0.165 e. The van der Waals surface area contributed by atoms with Gasteiger partial charge in [0.25, 0.3) is 0 Å². The Kier molecular flexibility index (Phi) is 3.66. The van der Waals surface area contributed by atoms with E-state index in [1.165, 1.54) is 7.11 Å². The fourth-order valence-corrected chi connectivity index (χ4v) is 1.66. The van der Waals surface area contributed by atoms with E-state index in [2.05, 4.69) is 6.07 Å². The summed E-state index contributed by atoms with van der Waals surface area (Å²) in [6, 6.07) is 5.61. The van der Waals surface area contributed by atoms with E-state index in [1.807, 2.05) is 0 Å². The summed E-state index contributed by atoms with van der Waals surface area (Å²) >= 11 is 5.98. The molecule has 16 heavy (non-hydrogen) atoms. The first-order valence-corrected chi connectivity index (χ1v) is 5.17. The normalized spacial score (nSPS) is 10.8. The summed E-state index contributed by atoms with van der Waals surface area (Å²) in [6.45, 7) is 3.61. The molecule has 0 fully saturated rings. The maximum atomic E-state index is 9.13. The molecule has 1 aromatic rings. The fraction of sp³-hybridized carbons (Fsp3) is 0.417. The van der Waals surface area contributed by atoms with Crippen molar-refractivity contribution in [3.63, 3.8) is 0 Å². The van der Waals surface area contributed by atoms with E-state index >= 15 is 0 Å².